The molecule has 19 N–H and O–H groups in total. The lowest BCUT2D eigenvalue weighted by Gasteiger charge is -2.71. The van der Waals surface area contributed by atoms with Crippen molar-refractivity contribution in [3.63, 3.8) is 0 Å². The molecule has 5 aliphatic carbocycles. The maximum absolute atomic E-state index is 16.3. The number of esters is 2. The molecule has 44 atom stereocenters. The summed E-state index contributed by atoms with van der Waals surface area (Å²) in [4.78, 5) is 56.8. The Labute approximate surface area is 639 Å². The molecule has 0 spiro atoms. The lowest BCUT2D eigenvalue weighted by atomic mass is 9.33. The van der Waals surface area contributed by atoms with E-state index in [0.29, 0.717) is 38.5 Å². The van der Waals surface area contributed by atoms with Gasteiger partial charge in [0.25, 0.3) is 0 Å². The second kappa shape index (κ2) is 32.7. The van der Waals surface area contributed by atoms with Crippen molar-refractivity contribution in [3.05, 3.63) is 11.6 Å². The van der Waals surface area contributed by atoms with Crippen molar-refractivity contribution in [2.45, 2.75) is 348 Å². The van der Waals surface area contributed by atoms with Gasteiger partial charge >= 0.3 is 17.9 Å². The largest absolute Gasteiger partial charge is 0.479 e. The van der Waals surface area contributed by atoms with E-state index in [2.05, 4.69) is 26.8 Å². The fourth-order valence-electron chi connectivity index (χ4n) is 20.8. The molecule has 38 heteroatoms. The molecule has 0 bridgehead atoms. The Morgan fingerprint density at radius 3 is 1.58 bits per heavy atom. The first-order valence-electron chi connectivity index (χ1n) is 38.3. The Balaban J connectivity index is 0.852. The normalized spacial score (nSPS) is 54.0. The summed E-state index contributed by atoms with van der Waals surface area (Å²) in [6.07, 6.45) is -60.5. The minimum Gasteiger partial charge on any atom is -0.479 e. The molecule has 0 aromatic rings. The number of hydrogen-bond donors (Lipinski definition) is 19. The smallest absolute Gasteiger partial charge is 0.335 e. The summed E-state index contributed by atoms with van der Waals surface area (Å²) in [6, 6.07) is 0. The van der Waals surface area contributed by atoms with Crippen LogP contribution >= 0.6 is 0 Å². The van der Waals surface area contributed by atoms with Gasteiger partial charge in [-0.25, -0.2) is 4.79 Å². The van der Waals surface area contributed by atoms with Crippen LogP contribution in [0.25, 0.3) is 0 Å². The molecule has 0 amide bonds. The third-order valence-corrected chi connectivity index (χ3v) is 27.5. The molecular weight excluding hydrogens is 1480 g/mol. The first-order chi connectivity index (χ1) is 52.0. The van der Waals surface area contributed by atoms with Crippen LogP contribution in [-0.2, 0) is 90.2 Å². The molecule has 7 aliphatic heterocycles. The molecular formula is C73H114O38. The highest BCUT2D eigenvalue weighted by Crippen LogP contribution is 2.76. The van der Waals surface area contributed by atoms with Gasteiger partial charge in [0.1, 0.15) is 140 Å². The number of aliphatic carboxylic acids is 1. The van der Waals surface area contributed by atoms with E-state index in [1.54, 1.807) is 6.92 Å². The van der Waals surface area contributed by atoms with Gasteiger partial charge in [-0.05, 0) is 118 Å². The van der Waals surface area contributed by atoms with E-state index in [1.165, 1.54) is 20.8 Å². The summed E-state index contributed by atoms with van der Waals surface area (Å²) in [5.74, 6) is -5.28. The summed E-state index contributed by atoms with van der Waals surface area (Å²) in [7, 11) is 0. The lowest BCUT2D eigenvalue weighted by molar-refractivity contribution is -0.394. The van der Waals surface area contributed by atoms with Gasteiger partial charge in [-0.2, -0.15) is 0 Å². The van der Waals surface area contributed by atoms with E-state index in [0.717, 1.165) is 18.8 Å². The third-order valence-electron chi connectivity index (χ3n) is 27.5. The van der Waals surface area contributed by atoms with Gasteiger partial charge in [-0.1, -0.05) is 53.2 Å². The quantitative estimate of drug-likeness (QED) is 0.0248. The Kier molecular flexibility index (Phi) is 25.6. The predicted octanol–water partition coefficient (Wildman–Crippen LogP) is -6.03. The number of carbonyl (C=O) groups excluding carboxylic acids is 3. The number of fused-ring (bicyclic) bond motifs is 7. The number of hydrogen-bond acceptors (Lipinski definition) is 37. The Morgan fingerprint density at radius 1 is 0.486 bits per heavy atom. The number of ether oxygens (including phenoxy) is 15. The molecule has 0 aromatic heterocycles. The van der Waals surface area contributed by atoms with E-state index in [1.807, 2.05) is 13.8 Å². The summed E-state index contributed by atoms with van der Waals surface area (Å²) >= 11 is 0. The molecule has 11 fully saturated rings. The van der Waals surface area contributed by atoms with Crippen LogP contribution in [0.1, 0.15) is 127 Å². The number of carboxylic acids is 1. The topological polar surface area (TPSA) is 591 Å². The van der Waals surface area contributed by atoms with Crippen LogP contribution in [0.2, 0.25) is 0 Å². The second-order valence-electron chi connectivity index (χ2n) is 34.6. The Bertz CT molecular complexity index is 3300. The van der Waals surface area contributed by atoms with Gasteiger partial charge < -0.3 is 173 Å². The van der Waals surface area contributed by atoms with Crippen molar-refractivity contribution in [2.75, 3.05) is 19.8 Å². The number of allylic oxidation sites excluding steroid dienone is 2. The highest BCUT2D eigenvalue weighted by Gasteiger charge is 2.73. The zero-order valence-corrected chi connectivity index (χ0v) is 63.4. The Morgan fingerprint density at radius 2 is 1.00 bits per heavy atom. The van der Waals surface area contributed by atoms with Crippen molar-refractivity contribution >= 4 is 24.2 Å². The predicted molar refractivity (Wildman–Crippen MR) is 362 cm³/mol. The van der Waals surface area contributed by atoms with Crippen LogP contribution in [0.5, 0.6) is 0 Å². The van der Waals surface area contributed by atoms with E-state index < -0.39 is 303 Å². The van der Waals surface area contributed by atoms with Crippen molar-refractivity contribution in [1.82, 2.24) is 0 Å². The number of rotatable bonds is 19. The van der Waals surface area contributed by atoms with Crippen LogP contribution in [0.15, 0.2) is 11.6 Å². The highest BCUT2D eigenvalue weighted by molar-refractivity contribution is 5.80. The van der Waals surface area contributed by atoms with Crippen LogP contribution in [0.4, 0.5) is 0 Å². The average Bonchev–Trinajstić information content (AvgIpc) is 0.668. The van der Waals surface area contributed by atoms with E-state index >= 15 is 4.79 Å². The number of aldehydes is 1. The van der Waals surface area contributed by atoms with Gasteiger partial charge in [-0.15, -0.1) is 0 Å². The van der Waals surface area contributed by atoms with Crippen molar-refractivity contribution in [1.29, 1.82) is 0 Å². The Hall–Kier alpha value is -3.42. The summed E-state index contributed by atoms with van der Waals surface area (Å²) in [5.41, 5.74) is -5.33. The summed E-state index contributed by atoms with van der Waals surface area (Å²) in [6.45, 7) is 14.9. The van der Waals surface area contributed by atoms with Crippen LogP contribution in [0, 0.1) is 50.2 Å². The average molecular weight is 1600 g/mol. The summed E-state index contributed by atoms with van der Waals surface area (Å²) < 4.78 is 91.7. The van der Waals surface area contributed by atoms with Crippen LogP contribution in [0.3, 0.4) is 0 Å². The first kappa shape index (κ1) is 86.9. The SMILES string of the molecule is CC(=O)OC1C(C)OC(OC(=O)C23CCC(C)(C)CC2C2=CCC4C5(C)CCC(OC6OC(C(=O)O)C(O)C(OC7OC(C)C(O)C(O)C7O)C6OC6OC(CO)C(O)C(O)C6O)C(C)(C=O)C5CCC4(C)C2(C)CC3O)C(OC2OC(C)C(OC3OCC(O)C(O)C3O)C(O)C2O)C1OC1OC(CO)C(O)C(O)C1O. The lowest BCUT2D eigenvalue weighted by Crippen LogP contribution is -2.70. The van der Waals surface area contributed by atoms with Gasteiger partial charge in [0.2, 0.25) is 6.29 Å². The molecule has 634 valence electrons. The zero-order valence-electron chi connectivity index (χ0n) is 63.4. The van der Waals surface area contributed by atoms with Crippen LogP contribution < -0.4 is 0 Å². The van der Waals surface area contributed by atoms with Gasteiger partial charge in [0.05, 0.1) is 55.8 Å². The van der Waals surface area contributed by atoms with Crippen molar-refractivity contribution in [3.8, 4) is 0 Å². The minimum atomic E-state index is -2.25. The number of carboxylic acid groups (broad SMARTS) is 1. The molecule has 0 aromatic carbocycles. The standard InChI is InChI=1S/C73H114O38/c1-25-38(80)42(84)47(89)61(98-25)106-54-51(93)55(59(94)95)107-66(57(54)109-64-49(91)44(86)41(83)33(22-75)103-64)104-37-14-15-69(7)34(70(37,8)24-76)13-16-71(9)35(69)12-11-29-30-19-68(5,6)17-18-73(30,36(79)20-72(29,71)10)67(96)111-65-58(110-62-50(92)45(87)52(26(2)99-62)105-60-46(88)39(81)31(78)23-97-60)56(53(27(3)100-65)101-28(4)77)108-63-48(90)43(85)40(82)32(21-74)102-63/h11,24-27,30-58,60-66,74-75,78-93H,12-23H2,1-10H3,(H,94,95). The molecule has 7 heterocycles. The molecule has 38 nitrogen and oxygen atoms in total. The van der Waals surface area contributed by atoms with Gasteiger partial charge in [0, 0.05) is 6.92 Å². The number of aliphatic hydroxyl groups is 18. The monoisotopic (exact) mass is 1600 g/mol. The fraction of sp³-hybridized carbons (Fsp3) is 0.918. The minimum absolute atomic E-state index is 0.0336. The van der Waals surface area contributed by atoms with E-state index in [4.69, 9.17) is 71.1 Å². The first-order valence-corrected chi connectivity index (χ1v) is 38.3. The molecule has 111 heavy (non-hydrogen) atoms. The van der Waals surface area contributed by atoms with E-state index in [9.17, 15) is 111 Å². The highest BCUT2D eigenvalue weighted by atomic mass is 16.8. The number of carbonyl (C=O) groups is 4. The van der Waals surface area contributed by atoms with Gasteiger partial charge in [0.15, 0.2) is 56.1 Å². The molecule has 4 saturated carbocycles. The molecule has 44 unspecified atom stereocenters. The van der Waals surface area contributed by atoms with Crippen LogP contribution in [-0.4, -0.2) is 362 Å². The molecule has 12 rings (SSSR count). The zero-order chi connectivity index (χ0) is 81.3. The van der Waals surface area contributed by atoms with Crippen molar-refractivity contribution < 1.29 is 187 Å². The van der Waals surface area contributed by atoms with Gasteiger partial charge in [-0.3, -0.25) is 9.59 Å². The summed E-state index contributed by atoms with van der Waals surface area (Å²) in [5, 5.41) is 210. The third kappa shape index (κ3) is 15.1. The number of aliphatic hydroxyl groups excluding tert-OH is 18. The second-order valence-corrected chi connectivity index (χ2v) is 34.6. The maximum atomic E-state index is 16.3. The van der Waals surface area contributed by atoms with E-state index in [-0.39, 0.29) is 25.2 Å². The fourth-order valence-corrected chi connectivity index (χ4v) is 20.8. The van der Waals surface area contributed by atoms with Crippen molar-refractivity contribution in [2.24, 2.45) is 50.2 Å². The maximum Gasteiger partial charge on any atom is 0.335 e. The molecule has 12 aliphatic rings. The molecule has 0 radical (unpaired) electrons. The molecule has 7 saturated heterocycles.